The molecule has 1 heterocycles. The second kappa shape index (κ2) is 8.93. The van der Waals surface area contributed by atoms with Crippen LogP contribution >= 0.6 is 0 Å². The maximum Gasteiger partial charge on any atom is 0.247 e. The van der Waals surface area contributed by atoms with Gasteiger partial charge in [0, 0.05) is 12.1 Å². The molecule has 0 atom stereocenters. The summed E-state index contributed by atoms with van der Waals surface area (Å²) in [5.74, 6) is 0.152. The fourth-order valence-corrected chi connectivity index (χ4v) is 2.64. The van der Waals surface area contributed by atoms with E-state index >= 15 is 0 Å². The van der Waals surface area contributed by atoms with Crippen LogP contribution in [0.15, 0.2) is 0 Å². The summed E-state index contributed by atoms with van der Waals surface area (Å²) in [6.45, 7) is 8.44. The van der Waals surface area contributed by atoms with Crippen molar-refractivity contribution in [3.8, 4) is 0 Å². The molecule has 20 heavy (non-hydrogen) atoms. The standard InChI is InChI=1S/C17H30N2O/c1-5-7-9-11-12-16-14(3)18-19(15(16)4)17(20)13-10-8-6-2/h5-13H2,1-4H3. The first kappa shape index (κ1) is 16.9. The molecule has 1 rings (SSSR count). The molecule has 0 saturated heterocycles. The monoisotopic (exact) mass is 278 g/mol. The molecule has 1 aromatic rings. The zero-order valence-corrected chi connectivity index (χ0v) is 13.7. The minimum Gasteiger partial charge on any atom is -0.273 e. The molecule has 3 heteroatoms. The number of carbonyl (C=O) groups is 1. The molecule has 0 fully saturated rings. The summed E-state index contributed by atoms with van der Waals surface area (Å²) in [6, 6.07) is 0. The lowest BCUT2D eigenvalue weighted by Crippen LogP contribution is -2.14. The number of aromatic nitrogens is 2. The van der Waals surface area contributed by atoms with Crippen molar-refractivity contribution in [3.05, 3.63) is 17.0 Å². The van der Waals surface area contributed by atoms with Crippen LogP contribution in [-0.4, -0.2) is 15.7 Å². The van der Waals surface area contributed by atoms with Crippen molar-refractivity contribution < 1.29 is 4.79 Å². The molecule has 0 N–H and O–H groups in total. The molecule has 3 nitrogen and oxygen atoms in total. The SMILES string of the molecule is CCCCCCc1c(C)nn(C(=O)CCCCC)c1C. The summed E-state index contributed by atoms with van der Waals surface area (Å²) in [4.78, 5) is 12.2. The molecule has 0 saturated carbocycles. The third-order valence-corrected chi connectivity index (χ3v) is 3.95. The maximum absolute atomic E-state index is 12.2. The van der Waals surface area contributed by atoms with E-state index in [1.165, 1.54) is 31.2 Å². The molecule has 0 unspecified atom stereocenters. The highest BCUT2D eigenvalue weighted by Crippen LogP contribution is 2.17. The predicted molar refractivity (Wildman–Crippen MR) is 84.3 cm³/mol. The lowest BCUT2D eigenvalue weighted by atomic mass is 10.0. The van der Waals surface area contributed by atoms with Crippen LogP contribution in [-0.2, 0) is 6.42 Å². The van der Waals surface area contributed by atoms with Crippen molar-refractivity contribution >= 4 is 5.91 Å². The van der Waals surface area contributed by atoms with Crippen molar-refractivity contribution in [2.45, 2.75) is 85.5 Å². The van der Waals surface area contributed by atoms with Gasteiger partial charge in [0.25, 0.3) is 0 Å². The fourth-order valence-electron chi connectivity index (χ4n) is 2.64. The first-order chi connectivity index (χ1) is 9.61. The molecule has 0 aliphatic carbocycles. The Labute approximate surface area is 123 Å². The van der Waals surface area contributed by atoms with Crippen molar-refractivity contribution in [3.63, 3.8) is 0 Å². The normalized spacial score (nSPS) is 11.0. The van der Waals surface area contributed by atoms with E-state index in [2.05, 4.69) is 18.9 Å². The van der Waals surface area contributed by atoms with E-state index in [9.17, 15) is 4.79 Å². The Morgan fingerprint density at radius 3 is 2.30 bits per heavy atom. The molecule has 114 valence electrons. The van der Waals surface area contributed by atoms with Gasteiger partial charge in [-0.1, -0.05) is 46.0 Å². The number of hydrogen-bond acceptors (Lipinski definition) is 2. The largest absolute Gasteiger partial charge is 0.273 e. The number of aryl methyl sites for hydroxylation is 1. The molecule has 1 aromatic heterocycles. The zero-order valence-electron chi connectivity index (χ0n) is 13.7. The molecule has 0 radical (unpaired) electrons. The van der Waals surface area contributed by atoms with E-state index < -0.39 is 0 Å². The number of carbonyl (C=O) groups excluding carboxylic acids is 1. The summed E-state index contributed by atoms with van der Waals surface area (Å²) in [5, 5.41) is 4.45. The minimum atomic E-state index is 0.152. The van der Waals surface area contributed by atoms with Crippen LogP contribution in [0.4, 0.5) is 0 Å². The van der Waals surface area contributed by atoms with Gasteiger partial charge in [-0.25, -0.2) is 4.68 Å². The van der Waals surface area contributed by atoms with E-state index in [4.69, 9.17) is 0 Å². The fraction of sp³-hybridized carbons (Fsp3) is 0.765. The Balaban J connectivity index is 2.63. The lowest BCUT2D eigenvalue weighted by Gasteiger charge is -2.04. The van der Waals surface area contributed by atoms with E-state index in [0.29, 0.717) is 6.42 Å². The number of nitrogens with zero attached hydrogens (tertiary/aromatic N) is 2. The highest BCUT2D eigenvalue weighted by Gasteiger charge is 2.15. The van der Waals surface area contributed by atoms with Crippen LogP contribution in [0.3, 0.4) is 0 Å². The van der Waals surface area contributed by atoms with Gasteiger partial charge >= 0.3 is 0 Å². The van der Waals surface area contributed by atoms with Gasteiger partial charge in [0.1, 0.15) is 0 Å². The molecule has 0 aliphatic heterocycles. The second-order valence-corrected chi connectivity index (χ2v) is 5.72. The zero-order chi connectivity index (χ0) is 15.0. The summed E-state index contributed by atoms with van der Waals surface area (Å²) in [7, 11) is 0. The molecular weight excluding hydrogens is 248 g/mol. The van der Waals surface area contributed by atoms with E-state index in [-0.39, 0.29) is 5.91 Å². The molecule has 0 spiro atoms. The molecule has 0 bridgehead atoms. The molecule has 0 aliphatic rings. The van der Waals surface area contributed by atoms with Crippen molar-refractivity contribution in [2.24, 2.45) is 0 Å². The number of rotatable bonds is 9. The van der Waals surface area contributed by atoms with Gasteiger partial charge in [0.2, 0.25) is 5.91 Å². The summed E-state index contributed by atoms with van der Waals surface area (Å²) >= 11 is 0. The Kier molecular flexibility index (Phi) is 7.56. The first-order valence-electron chi connectivity index (χ1n) is 8.20. The van der Waals surface area contributed by atoms with Crippen molar-refractivity contribution in [2.75, 3.05) is 0 Å². The lowest BCUT2D eigenvalue weighted by molar-refractivity contribution is 0.0880. The van der Waals surface area contributed by atoms with Gasteiger partial charge < -0.3 is 0 Å². The number of hydrogen-bond donors (Lipinski definition) is 0. The number of unbranched alkanes of at least 4 members (excludes halogenated alkanes) is 5. The average molecular weight is 278 g/mol. The van der Waals surface area contributed by atoms with Gasteiger partial charge in [0.05, 0.1) is 5.69 Å². The average Bonchev–Trinajstić information content (AvgIpc) is 2.71. The summed E-state index contributed by atoms with van der Waals surface area (Å²) in [6.07, 6.45) is 9.93. The Morgan fingerprint density at radius 2 is 1.65 bits per heavy atom. The Bertz CT molecular complexity index is 421. The van der Waals surface area contributed by atoms with Crippen molar-refractivity contribution in [1.29, 1.82) is 0 Å². The van der Waals surface area contributed by atoms with Gasteiger partial charge in [-0.3, -0.25) is 4.79 Å². The van der Waals surface area contributed by atoms with Crippen LogP contribution in [0, 0.1) is 13.8 Å². The van der Waals surface area contributed by atoms with Gasteiger partial charge in [-0.05, 0) is 38.7 Å². The predicted octanol–water partition coefficient (Wildman–Crippen LogP) is 4.84. The van der Waals surface area contributed by atoms with E-state index in [0.717, 1.165) is 37.1 Å². The molecule has 0 aromatic carbocycles. The summed E-state index contributed by atoms with van der Waals surface area (Å²) < 4.78 is 1.64. The quantitative estimate of drug-likeness (QED) is 0.606. The van der Waals surface area contributed by atoms with Gasteiger partial charge in [0.15, 0.2) is 0 Å². The minimum absolute atomic E-state index is 0.152. The van der Waals surface area contributed by atoms with Gasteiger partial charge in [-0.15, -0.1) is 0 Å². The molecular formula is C17H30N2O. The van der Waals surface area contributed by atoms with Gasteiger partial charge in [-0.2, -0.15) is 5.10 Å². The van der Waals surface area contributed by atoms with Crippen LogP contribution < -0.4 is 0 Å². The van der Waals surface area contributed by atoms with E-state index in [1.807, 2.05) is 13.8 Å². The van der Waals surface area contributed by atoms with Crippen molar-refractivity contribution in [1.82, 2.24) is 9.78 Å². The van der Waals surface area contributed by atoms with Crippen LogP contribution in [0.2, 0.25) is 0 Å². The summed E-state index contributed by atoms with van der Waals surface area (Å²) in [5.41, 5.74) is 3.37. The van der Waals surface area contributed by atoms with Crippen LogP contribution in [0.25, 0.3) is 0 Å². The second-order valence-electron chi connectivity index (χ2n) is 5.72. The highest BCUT2D eigenvalue weighted by atomic mass is 16.2. The van der Waals surface area contributed by atoms with Crippen LogP contribution in [0.5, 0.6) is 0 Å². The smallest absolute Gasteiger partial charge is 0.247 e. The Morgan fingerprint density at radius 1 is 1.00 bits per heavy atom. The molecule has 0 amide bonds. The maximum atomic E-state index is 12.2. The van der Waals surface area contributed by atoms with E-state index in [1.54, 1.807) is 4.68 Å². The first-order valence-corrected chi connectivity index (χ1v) is 8.20. The Hall–Kier alpha value is -1.12. The highest BCUT2D eigenvalue weighted by molar-refractivity contribution is 5.79. The third kappa shape index (κ3) is 4.77. The third-order valence-electron chi connectivity index (χ3n) is 3.95. The topological polar surface area (TPSA) is 34.9 Å². The van der Waals surface area contributed by atoms with Crippen LogP contribution in [0.1, 0.15) is 87.0 Å².